The molecule has 29 heavy (non-hydrogen) atoms. The highest BCUT2D eigenvalue weighted by atomic mass is 35.5. The molecular weight excluding hydrogens is 392 g/mol. The number of aryl methyl sites for hydroxylation is 1. The Balaban J connectivity index is 1.45. The van der Waals surface area contributed by atoms with E-state index in [0.717, 1.165) is 11.1 Å². The fourth-order valence-electron chi connectivity index (χ4n) is 2.86. The molecule has 0 bridgehead atoms. The molecule has 0 spiro atoms. The fraction of sp³-hybridized carbons (Fsp3) is 0.143. The van der Waals surface area contributed by atoms with E-state index >= 15 is 0 Å². The van der Waals surface area contributed by atoms with Gasteiger partial charge in [-0.15, -0.1) is 0 Å². The van der Waals surface area contributed by atoms with Crippen molar-refractivity contribution in [1.82, 2.24) is 19.9 Å². The smallest absolute Gasteiger partial charge is 0.343 e. The van der Waals surface area contributed by atoms with Gasteiger partial charge < -0.3 is 9.26 Å². The third-order valence-corrected chi connectivity index (χ3v) is 4.66. The van der Waals surface area contributed by atoms with Crippen molar-refractivity contribution in [3.63, 3.8) is 0 Å². The van der Waals surface area contributed by atoms with E-state index in [2.05, 4.69) is 15.2 Å². The van der Waals surface area contributed by atoms with Gasteiger partial charge in [-0.1, -0.05) is 77.4 Å². The summed E-state index contributed by atoms with van der Waals surface area (Å²) in [6.45, 7) is 2.01. The van der Waals surface area contributed by atoms with Crippen LogP contribution in [0.4, 0.5) is 0 Å². The van der Waals surface area contributed by atoms with Crippen LogP contribution in [0.5, 0.6) is 0 Å². The number of esters is 1. The number of carbonyl (C=O) groups excluding carboxylic acids is 1. The summed E-state index contributed by atoms with van der Waals surface area (Å²) < 4.78 is 12.0. The lowest BCUT2D eigenvalue weighted by Crippen LogP contribution is -2.07. The maximum Gasteiger partial charge on any atom is 0.343 e. The van der Waals surface area contributed by atoms with E-state index in [-0.39, 0.29) is 23.2 Å². The summed E-state index contributed by atoms with van der Waals surface area (Å²) in [4.78, 5) is 16.8. The van der Waals surface area contributed by atoms with Crippen molar-refractivity contribution in [2.75, 3.05) is 0 Å². The molecule has 2 aromatic carbocycles. The highest BCUT2D eigenvalue weighted by Gasteiger charge is 2.22. The molecule has 146 valence electrons. The van der Waals surface area contributed by atoms with Gasteiger partial charge in [0.05, 0.1) is 12.2 Å². The van der Waals surface area contributed by atoms with Crippen LogP contribution >= 0.6 is 11.6 Å². The van der Waals surface area contributed by atoms with Crippen molar-refractivity contribution in [2.45, 2.75) is 20.1 Å². The number of ether oxygens (including phenoxy) is 1. The molecule has 0 aliphatic heterocycles. The Morgan fingerprint density at radius 2 is 1.79 bits per heavy atom. The van der Waals surface area contributed by atoms with Crippen LogP contribution in [0.1, 0.15) is 27.5 Å². The zero-order chi connectivity index (χ0) is 20.2. The van der Waals surface area contributed by atoms with Gasteiger partial charge >= 0.3 is 5.97 Å². The Labute approximate surface area is 171 Å². The molecule has 0 amide bonds. The molecule has 0 radical (unpaired) electrons. The molecule has 4 rings (SSSR count). The predicted molar refractivity (Wildman–Crippen MR) is 106 cm³/mol. The lowest BCUT2D eigenvalue weighted by molar-refractivity contribution is 0.0429. The second-order valence-electron chi connectivity index (χ2n) is 6.35. The van der Waals surface area contributed by atoms with Gasteiger partial charge in [0.1, 0.15) is 10.7 Å². The number of carbonyl (C=O) groups is 1. The first-order valence-corrected chi connectivity index (χ1v) is 9.31. The number of halogens is 1. The normalized spacial score (nSPS) is 10.8. The molecule has 7 nitrogen and oxygen atoms in total. The van der Waals surface area contributed by atoms with Crippen LogP contribution in [0, 0.1) is 6.92 Å². The van der Waals surface area contributed by atoms with Crippen LogP contribution in [-0.2, 0) is 17.9 Å². The van der Waals surface area contributed by atoms with Gasteiger partial charge in [0.2, 0.25) is 5.82 Å². The Morgan fingerprint density at radius 3 is 2.52 bits per heavy atom. The van der Waals surface area contributed by atoms with Crippen LogP contribution in [0.25, 0.3) is 11.4 Å². The van der Waals surface area contributed by atoms with Gasteiger partial charge in [-0.3, -0.25) is 0 Å². The molecule has 0 N–H and O–H groups in total. The Kier molecular flexibility index (Phi) is 5.39. The van der Waals surface area contributed by atoms with Crippen molar-refractivity contribution in [1.29, 1.82) is 0 Å². The van der Waals surface area contributed by atoms with Crippen LogP contribution < -0.4 is 0 Å². The summed E-state index contributed by atoms with van der Waals surface area (Å²) in [7, 11) is 0. The third kappa shape index (κ3) is 4.20. The first-order valence-electron chi connectivity index (χ1n) is 8.94. The highest BCUT2D eigenvalue weighted by molar-refractivity contribution is 6.32. The monoisotopic (exact) mass is 408 g/mol. The van der Waals surface area contributed by atoms with Crippen molar-refractivity contribution in [2.24, 2.45) is 0 Å². The topological polar surface area (TPSA) is 83.0 Å². The van der Waals surface area contributed by atoms with E-state index in [9.17, 15) is 4.79 Å². The van der Waals surface area contributed by atoms with E-state index < -0.39 is 5.97 Å². The lowest BCUT2D eigenvalue weighted by Gasteiger charge is -2.04. The standard InChI is InChI=1S/C21H17ClN4O3/c1-14-18(19(22)26(24-14)12-15-8-4-2-5-9-15)21(27)28-13-17-23-20(25-29-17)16-10-6-3-7-11-16/h2-11H,12-13H2,1H3. The molecule has 0 fully saturated rings. The molecule has 2 aromatic heterocycles. The first kappa shape index (κ1) is 18.9. The number of nitrogens with zero attached hydrogens (tertiary/aromatic N) is 4. The van der Waals surface area contributed by atoms with Gasteiger partial charge in [0.15, 0.2) is 6.61 Å². The van der Waals surface area contributed by atoms with E-state index in [1.165, 1.54) is 0 Å². The predicted octanol–water partition coefficient (Wildman–Crippen LogP) is 4.30. The van der Waals surface area contributed by atoms with E-state index in [1.54, 1.807) is 11.6 Å². The Morgan fingerprint density at radius 1 is 1.10 bits per heavy atom. The third-order valence-electron chi connectivity index (χ3n) is 4.27. The summed E-state index contributed by atoms with van der Waals surface area (Å²) in [6.07, 6.45) is 0. The largest absolute Gasteiger partial charge is 0.452 e. The lowest BCUT2D eigenvalue weighted by atomic mass is 10.2. The van der Waals surface area contributed by atoms with Gasteiger partial charge in [0.25, 0.3) is 5.89 Å². The molecule has 4 aromatic rings. The second kappa shape index (κ2) is 8.28. The maximum absolute atomic E-state index is 12.6. The van der Waals surface area contributed by atoms with Gasteiger partial charge in [0, 0.05) is 5.56 Å². The fourth-order valence-corrected chi connectivity index (χ4v) is 3.18. The SMILES string of the molecule is Cc1nn(Cc2ccccc2)c(Cl)c1C(=O)OCc1nc(-c2ccccc2)no1. The summed E-state index contributed by atoms with van der Waals surface area (Å²) in [5.74, 6) is 0.0375. The van der Waals surface area contributed by atoms with E-state index in [1.807, 2.05) is 60.7 Å². The average molecular weight is 409 g/mol. The minimum atomic E-state index is -0.591. The number of rotatable bonds is 6. The first-order chi connectivity index (χ1) is 14.1. The molecule has 0 saturated carbocycles. The number of hydrogen-bond donors (Lipinski definition) is 0. The molecule has 8 heteroatoms. The number of benzene rings is 2. The molecule has 0 saturated heterocycles. The van der Waals surface area contributed by atoms with E-state index in [4.69, 9.17) is 20.9 Å². The number of aromatic nitrogens is 4. The van der Waals surface area contributed by atoms with Crippen molar-refractivity contribution < 1.29 is 14.1 Å². The Bertz CT molecular complexity index is 1120. The van der Waals surface area contributed by atoms with Crippen molar-refractivity contribution in [3.8, 4) is 11.4 Å². The van der Waals surface area contributed by atoms with Gasteiger partial charge in [-0.05, 0) is 12.5 Å². The highest BCUT2D eigenvalue weighted by Crippen LogP contribution is 2.22. The zero-order valence-electron chi connectivity index (χ0n) is 15.6. The van der Waals surface area contributed by atoms with E-state index in [0.29, 0.717) is 18.1 Å². The molecule has 2 heterocycles. The summed E-state index contributed by atoms with van der Waals surface area (Å²) >= 11 is 6.39. The van der Waals surface area contributed by atoms with Gasteiger partial charge in [-0.2, -0.15) is 10.1 Å². The summed E-state index contributed by atoms with van der Waals surface area (Å²) in [5.41, 5.74) is 2.56. The molecule has 0 aliphatic rings. The van der Waals surface area contributed by atoms with Crippen molar-refractivity contribution >= 4 is 17.6 Å². The molecule has 0 aliphatic carbocycles. The van der Waals surface area contributed by atoms with Crippen LogP contribution in [0.15, 0.2) is 65.2 Å². The molecular formula is C21H17ClN4O3. The quantitative estimate of drug-likeness (QED) is 0.442. The zero-order valence-corrected chi connectivity index (χ0v) is 16.3. The van der Waals surface area contributed by atoms with Crippen LogP contribution in [-0.4, -0.2) is 25.9 Å². The van der Waals surface area contributed by atoms with Gasteiger partial charge in [-0.25, -0.2) is 9.48 Å². The number of hydrogen-bond acceptors (Lipinski definition) is 6. The molecule has 0 atom stereocenters. The average Bonchev–Trinajstić information content (AvgIpc) is 3.32. The second-order valence-corrected chi connectivity index (χ2v) is 6.71. The van der Waals surface area contributed by atoms with Crippen molar-refractivity contribution in [3.05, 3.63) is 88.5 Å². The Hall–Kier alpha value is -3.45. The minimum absolute atomic E-state index is 0.154. The summed E-state index contributed by atoms with van der Waals surface area (Å²) in [6, 6.07) is 19.1. The summed E-state index contributed by atoms with van der Waals surface area (Å²) in [5, 5.41) is 8.49. The van der Waals surface area contributed by atoms with Crippen LogP contribution in [0.3, 0.4) is 0 Å². The minimum Gasteiger partial charge on any atom is -0.452 e. The molecule has 0 unspecified atom stereocenters. The van der Waals surface area contributed by atoms with Crippen LogP contribution in [0.2, 0.25) is 5.15 Å². The maximum atomic E-state index is 12.6.